The number of ether oxygens (including phenoxy) is 1. The molecule has 4 N–H and O–H groups in total. The molecule has 0 amide bonds. The molecule has 0 heterocycles. The van der Waals surface area contributed by atoms with Gasteiger partial charge in [-0.2, -0.15) is 0 Å². The number of methoxy groups -OCH3 is 1. The zero-order chi connectivity index (χ0) is 15.8. The minimum Gasteiger partial charge on any atom is -0.497 e. The van der Waals surface area contributed by atoms with Gasteiger partial charge in [0, 0.05) is 25.0 Å². The molecular weight excluding hydrogens is 268 g/mol. The zero-order valence-corrected chi connectivity index (χ0v) is 13.2. The minimum atomic E-state index is -0.0110. The van der Waals surface area contributed by atoms with Gasteiger partial charge in [0.15, 0.2) is 0 Å². The summed E-state index contributed by atoms with van der Waals surface area (Å²) in [5.74, 6) is 1.08. The van der Waals surface area contributed by atoms with Gasteiger partial charge in [-0.25, -0.2) is 0 Å². The third-order valence-electron chi connectivity index (χ3n) is 3.51. The number of oxime groups is 1. The van der Waals surface area contributed by atoms with E-state index in [-0.39, 0.29) is 17.8 Å². The van der Waals surface area contributed by atoms with Crippen LogP contribution in [0.3, 0.4) is 0 Å². The second-order valence-corrected chi connectivity index (χ2v) is 5.34. The predicted molar refractivity (Wildman–Crippen MR) is 84.9 cm³/mol. The number of nitrogens with zero attached hydrogens (tertiary/aromatic N) is 2. The summed E-state index contributed by atoms with van der Waals surface area (Å²) in [6, 6.07) is 8.27. The monoisotopic (exact) mass is 294 g/mol. The highest BCUT2D eigenvalue weighted by Gasteiger charge is 2.15. The summed E-state index contributed by atoms with van der Waals surface area (Å²) in [5, 5.41) is 15.0. The minimum absolute atomic E-state index is 0.0110. The van der Waals surface area contributed by atoms with E-state index < -0.39 is 0 Å². The summed E-state index contributed by atoms with van der Waals surface area (Å²) in [7, 11) is 5.75. The van der Waals surface area contributed by atoms with Crippen LogP contribution in [0.15, 0.2) is 29.4 Å². The maximum Gasteiger partial charge on any atom is 0.143 e. The van der Waals surface area contributed by atoms with Gasteiger partial charge in [0.2, 0.25) is 0 Å². The molecule has 118 valence electrons. The summed E-state index contributed by atoms with van der Waals surface area (Å²) >= 11 is 0. The van der Waals surface area contributed by atoms with Crippen LogP contribution in [0.2, 0.25) is 0 Å². The van der Waals surface area contributed by atoms with Crippen molar-refractivity contribution < 1.29 is 9.94 Å². The van der Waals surface area contributed by atoms with Crippen LogP contribution in [0.25, 0.3) is 0 Å². The van der Waals surface area contributed by atoms with E-state index in [0.29, 0.717) is 6.54 Å². The Morgan fingerprint density at radius 2 is 2.14 bits per heavy atom. The Kier molecular flexibility index (Phi) is 6.98. The van der Waals surface area contributed by atoms with E-state index in [2.05, 4.69) is 21.4 Å². The third-order valence-corrected chi connectivity index (χ3v) is 3.51. The van der Waals surface area contributed by atoms with Crippen molar-refractivity contribution in [2.45, 2.75) is 13.0 Å². The maximum absolute atomic E-state index is 8.65. The highest BCUT2D eigenvalue weighted by molar-refractivity contribution is 5.82. The lowest BCUT2D eigenvalue weighted by molar-refractivity contribution is 0.285. The van der Waals surface area contributed by atoms with Gasteiger partial charge in [0.05, 0.1) is 7.11 Å². The van der Waals surface area contributed by atoms with Gasteiger partial charge in [-0.1, -0.05) is 24.2 Å². The predicted octanol–water partition coefficient (Wildman–Crippen LogP) is 1.27. The zero-order valence-electron chi connectivity index (χ0n) is 13.2. The Balaban J connectivity index is 2.66. The summed E-state index contributed by atoms with van der Waals surface area (Å²) < 4.78 is 5.27. The van der Waals surface area contributed by atoms with Crippen molar-refractivity contribution >= 4 is 5.84 Å². The maximum atomic E-state index is 8.65. The van der Waals surface area contributed by atoms with Crippen LogP contribution in [0.5, 0.6) is 5.75 Å². The Labute approximate surface area is 126 Å². The summed E-state index contributed by atoms with van der Waals surface area (Å²) in [4.78, 5) is 2.15. The number of nitrogens with one attached hydrogen (secondary N) is 1. The number of rotatable bonds is 8. The highest BCUT2D eigenvalue weighted by atomic mass is 16.5. The number of benzene rings is 1. The Morgan fingerprint density at radius 1 is 1.43 bits per heavy atom. The van der Waals surface area contributed by atoms with Crippen molar-refractivity contribution in [2.75, 3.05) is 34.3 Å². The van der Waals surface area contributed by atoms with Gasteiger partial charge in [-0.05, 0) is 31.8 Å². The van der Waals surface area contributed by atoms with E-state index in [1.54, 1.807) is 7.11 Å². The SMILES string of the molecule is COc1cccc(C(CNCC(C)C(N)=NO)N(C)C)c1. The molecule has 6 heteroatoms. The molecule has 1 aromatic rings. The number of amidine groups is 1. The van der Waals surface area contributed by atoms with Gasteiger partial charge < -0.3 is 25.9 Å². The lowest BCUT2D eigenvalue weighted by Crippen LogP contribution is -2.36. The van der Waals surface area contributed by atoms with Crippen LogP contribution in [0.4, 0.5) is 0 Å². The average Bonchev–Trinajstić information content (AvgIpc) is 2.50. The number of hydrogen-bond acceptors (Lipinski definition) is 5. The second kappa shape index (κ2) is 8.49. The van der Waals surface area contributed by atoms with Gasteiger partial charge in [0.1, 0.15) is 11.6 Å². The second-order valence-electron chi connectivity index (χ2n) is 5.34. The summed E-state index contributed by atoms with van der Waals surface area (Å²) in [6.07, 6.45) is 0. The summed E-state index contributed by atoms with van der Waals surface area (Å²) in [6.45, 7) is 3.34. The molecule has 0 bridgehead atoms. The molecule has 2 unspecified atom stereocenters. The standard InChI is InChI=1S/C15H26N4O2/c1-11(15(16)18-20)9-17-10-14(19(2)3)12-6-5-7-13(8-12)21-4/h5-8,11,14,17,20H,9-10H2,1-4H3,(H2,16,18). The van der Waals surface area contributed by atoms with Gasteiger partial charge in [0.25, 0.3) is 0 Å². The van der Waals surface area contributed by atoms with Crippen LogP contribution >= 0.6 is 0 Å². The highest BCUT2D eigenvalue weighted by Crippen LogP contribution is 2.22. The van der Waals surface area contributed by atoms with Crippen LogP contribution in [0, 0.1) is 5.92 Å². The van der Waals surface area contributed by atoms with E-state index in [1.165, 1.54) is 5.56 Å². The molecular formula is C15H26N4O2. The molecule has 0 aliphatic rings. The van der Waals surface area contributed by atoms with Crippen molar-refractivity contribution in [1.29, 1.82) is 0 Å². The van der Waals surface area contributed by atoms with E-state index in [4.69, 9.17) is 15.7 Å². The van der Waals surface area contributed by atoms with Crippen molar-refractivity contribution in [1.82, 2.24) is 10.2 Å². The van der Waals surface area contributed by atoms with Crippen LogP contribution in [0.1, 0.15) is 18.5 Å². The number of hydrogen-bond donors (Lipinski definition) is 3. The Morgan fingerprint density at radius 3 is 2.71 bits per heavy atom. The molecule has 6 nitrogen and oxygen atoms in total. The van der Waals surface area contributed by atoms with Gasteiger partial charge in [-0.15, -0.1) is 0 Å². The van der Waals surface area contributed by atoms with E-state index in [0.717, 1.165) is 12.3 Å². The molecule has 0 saturated carbocycles. The Bertz CT molecular complexity index is 463. The first-order valence-electron chi connectivity index (χ1n) is 6.98. The first kappa shape index (κ1) is 17.3. The van der Waals surface area contributed by atoms with Crippen molar-refractivity contribution in [3.8, 4) is 5.75 Å². The number of likely N-dealkylation sites (N-methyl/N-ethyl adjacent to an activating group) is 1. The Hall–Kier alpha value is -1.79. The molecule has 0 spiro atoms. The molecule has 0 aliphatic carbocycles. The third kappa shape index (κ3) is 5.24. The smallest absolute Gasteiger partial charge is 0.143 e. The van der Waals surface area contributed by atoms with E-state index in [1.807, 2.05) is 39.2 Å². The molecule has 2 atom stereocenters. The van der Waals surface area contributed by atoms with Crippen LogP contribution in [-0.4, -0.2) is 50.2 Å². The first-order chi connectivity index (χ1) is 9.99. The van der Waals surface area contributed by atoms with Gasteiger partial charge >= 0.3 is 0 Å². The molecule has 0 aromatic heterocycles. The molecule has 0 radical (unpaired) electrons. The van der Waals surface area contributed by atoms with Crippen molar-refractivity contribution in [3.05, 3.63) is 29.8 Å². The van der Waals surface area contributed by atoms with Crippen molar-refractivity contribution in [2.24, 2.45) is 16.8 Å². The van der Waals surface area contributed by atoms with E-state index in [9.17, 15) is 0 Å². The lowest BCUT2D eigenvalue weighted by atomic mass is 10.0. The normalized spacial score (nSPS) is 15.0. The molecule has 1 rings (SSSR count). The molecule has 1 aromatic carbocycles. The van der Waals surface area contributed by atoms with E-state index >= 15 is 0 Å². The largest absolute Gasteiger partial charge is 0.497 e. The fourth-order valence-electron chi connectivity index (χ4n) is 2.09. The topological polar surface area (TPSA) is 83.1 Å². The van der Waals surface area contributed by atoms with Crippen LogP contribution < -0.4 is 15.8 Å². The molecule has 0 fully saturated rings. The fourth-order valence-corrected chi connectivity index (χ4v) is 2.09. The van der Waals surface area contributed by atoms with Crippen LogP contribution in [-0.2, 0) is 0 Å². The first-order valence-corrected chi connectivity index (χ1v) is 6.98. The molecule has 21 heavy (non-hydrogen) atoms. The van der Waals surface area contributed by atoms with Crippen molar-refractivity contribution in [3.63, 3.8) is 0 Å². The summed E-state index contributed by atoms with van der Waals surface area (Å²) in [5.41, 5.74) is 6.76. The quantitative estimate of drug-likeness (QED) is 0.291. The average molecular weight is 294 g/mol. The fraction of sp³-hybridized carbons (Fsp3) is 0.533. The molecule has 0 saturated heterocycles. The molecule has 0 aliphatic heterocycles. The van der Waals surface area contributed by atoms with Gasteiger partial charge in [-0.3, -0.25) is 0 Å². The number of nitrogens with two attached hydrogens (primary N) is 1. The lowest BCUT2D eigenvalue weighted by Gasteiger charge is -2.26.